The van der Waals surface area contributed by atoms with Gasteiger partial charge in [-0.2, -0.15) is 0 Å². The Morgan fingerprint density at radius 1 is 1.34 bits per heavy atom. The molecule has 0 bridgehead atoms. The van der Waals surface area contributed by atoms with Crippen LogP contribution in [0.2, 0.25) is 0 Å². The molecule has 1 saturated heterocycles. The van der Waals surface area contributed by atoms with E-state index >= 15 is 0 Å². The van der Waals surface area contributed by atoms with Crippen LogP contribution in [-0.4, -0.2) is 47.4 Å². The van der Waals surface area contributed by atoms with Crippen LogP contribution in [-0.2, 0) is 0 Å². The van der Waals surface area contributed by atoms with E-state index < -0.39 is 53.4 Å². The van der Waals surface area contributed by atoms with Crippen LogP contribution >= 0.6 is 0 Å². The summed E-state index contributed by atoms with van der Waals surface area (Å²) in [5, 5.41) is 9.12. The fraction of sp³-hybridized carbons (Fsp3) is 0.474. The second kappa shape index (κ2) is 6.72. The van der Waals surface area contributed by atoms with Crippen molar-refractivity contribution in [1.82, 2.24) is 4.57 Å². The molecule has 2 fully saturated rings. The van der Waals surface area contributed by atoms with Gasteiger partial charge in [0.05, 0.1) is 23.2 Å². The highest BCUT2D eigenvalue weighted by molar-refractivity contribution is 5.95. The minimum Gasteiger partial charge on any atom is -0.477 e. The van der Waals surface area contributed by atoms with Crippen LogP contribution in [0.25, 0.3) is 10.9 Å². The number of alkyl halides is 3. The Morgan fingerprint density at radius 3 is 2.52 bits per heavy atom. The molecule has 6 nitrogen and oxygen atoms in total. The lowest BCUT2D eigenvalue weighted by Crippen LogP contribution is -2.33. The van der Waals surface area contributed by atoms with Gasteiger partial charge in [-0.25, -0.2) is 22.4 Å². The first kappa shape index (κ1) is 19.7. The number of nitrogens with two attached hydrogens (primary N) is 1. The fourth-order valence-electron chi connectivity index (χ4n) is 4.22. The molecule has 3 N–H and O–H groups in total. The van der Waals surface area contributed by atoms with Crippen molar-refractivity contribution in [2.45, 2.75) is 38.0 Å². The Hall–Kier alpha value is -2.62. The number of hydrogen-bond acceptors (Lipinski definition) is 4. The Kier molecular flexibility index (Phi) is 4.56. The first-order valence-electron chi connectivity index (χ1n) is 9.15. The van der Waals surface area contributed by atoms with Crippen molar-refractivity contribution in [2.75, 3.05) is 18.0 Å². The zero-order valence-corrected chi connectivity index (χ0v) is 15.4. The average molecular weight is 413 g/mol. The first-order valence-corrected chi connectivity index (χ1v) is 9.15. The largest absolute Gasteiger partial charge is 0.477 e. The molecule has 1 aliphatic heterocycles. The number of anilines is 1. The van der Waals surface area contributed by atoms with Gasteiger partial charge in [0.25, 0.3) is 0 Å². The number of fused-ring (bicyclic) bond motifs is 1. The molecule has 4 unspecified atom stereocenters. The number of carboxylic acid groups (broad SMARTS) is 1. The highest BCUT2D eigenvalue weighted by atomic mass is 19.3. The van der Waals surface area contributed by atoms with Crippen molar-refractivity contribution >= 4 is 22.6 Å². The Balaban J connectivity index is 1.94. The third-order valence-electron chi connectivity index (χ3n) is 5.80. The highest BCUT2D eigenvalue weighted by Crippen LogP contribution is 2.43. The molecule has 2 aromatic rings. The van der Waals surface area contributed by atoms with E-state index in [9.17, 15) is 32.3 Å². The molecule has 1 saturated carbocycles. The molecular formula is C19H19F4N3O3. The van der Waals surface area contributed by atoms with Crippen LogP contribution in [0, 0.1) is 18.7 Å². The summed E-state index contributed by atoms with van der Waals surface area (Å²) in [5.74, 6) is -3.45. The predicted octanol–water partition coefficient (Wildman–Crippen LogP) is 2.46. The number of aromatic nitrogens is 1. The van der Waals surface area contributed by atoms with Crippen LogP contribution in [0.3, 0.4) is 0 Å². The maximum Gasteiger partial charge on any atom is 0.341 e. The molecule has 1 aliphatic carbocycles. The normalized spacial score (nSPS) is 26.5. The van der Waals surface area contributed by atoms with Crippen LogP contribution in [0.15, 0.2) is 17.1 Å². The molecule has 4 atom stereocenters. The molecule has 0 radical (unpaired) electrons. The van der Waals surface area contributed by atoms with Crippen LogP contribution in [0.5, 0.6) is 0 Å². The number of hydrogen-bond donors (Lipinski definition) is 2. The Morgan fingerprint density at radius 2 is 2.00 bits per heavy atom. The molecule has 2 aliphatic rings. The summed E-state index contributed by atoms with van der Waals surface area (Å²) < 4.78 is 56.5. The van der Waals surface area contributed by atoms with Gasteiger partial charge in [0.1, 0.15) is 17.6 Å². The smallest absolute Gasteiger partial charge is 0.341 e. The number of halogens is 4. The third-order valence-corrected chi connectivity index (χ3v) is 5.80. The fourth-order valence-corrected chi connectivity index (χ4v) is 4.22. The van der Waals surface area contributed by atoms with Crippen molar-refractivity contribution in [2.24, 2.45) is 11.7 Å². The van der Waals surface area contributed by atoms with E-state index in [2.05, 4.69) is 0 Å². The standard InChI is InChI=1S/C19H19F4N3O3/c1-7-15-8(17(27)10(19(28)29)5-26(15)14-3-11(14)20)2-12(21)16(7)25-4-9(18(22)23)13(24)6-25/h2,5,9,11,13-14,18H,3-4,6,24H2,1H3,(H,28,29). The molecule has 0 spiro atoms. The topological polar surface area (TPSA) is 88.6 Å². The average Bonchev–Trinajstić information content (AvgIpc) is 3.22. The van der Waals surface area contributed by atoms with E-state index in [4.69, 9.17) is 5.73 Å². The summed E-state index contributed by atoms with van der Waals surface area (Å²) in [6, 6.07) is -0.609. The number of benzene rings is 1. The minimum absolute atomic E-state index is 0.00484. The summed E-state index contributed by atoms with van der Waals surface area (Å²) in [5.41, 5.74) is 4.81. The maximum absolute atomic E-state index is 15.0. The van der Waals surface area contributed by atoms with E-state index in [-0.39, 0.29) is 41.7 Å². The lowest BCUT2D eigenvalue weighted by Gasteiger charge is -2.24. The molecule has 1 aromatic carbocycles. The lowest BCUT2D eigenvalue weighted by molar-refractivity contribution is 0.0694. The minimum atomic E-state index is -2.66. The van der Waals surface area contributed by atoms with Crippen LogP contribution in [0.4, 0.5) is 23.2 Å². The zero-order chi connectivity index (χ0) is 21.2. The summed E-state index contributed by atoms with van der Waals surface area (Å²) >= 11 is 0. The summed E-state index contributed by atoms with van der Waals surface area (Å²) in [7, 11) is 0. The predicted molar refractivity (Wildman–Crippen MR) is 98.1 cm³/mol. The van der Waals surface area contributed by atoms with E-state index in [1.54, 1.807) is 0 Å². The number of aromatic carboxylic acids is 1. The van der Waals surface area contributed by atoms with E-state index in [1.807, 2.05) is 0 Å². The second-order valence-electron chi connectivity index (χ2n) is 7.70. The first-order chi connectivity index (χ1) is 13.6. The van der Waals surface area contributed by atoms with Gasteiger partial charge in [-0.15, -0.1) is 0 Å². The quantitative estimate of drug-likeness (QED) is 0.752. The summed E-state index contributed by atoms with van der Waals surface area (Å²) in [6.45, 7) is 1.35. The van der Waals surface area contributed by atoms with E-state index in [0.29, 0.717) is 0 Å². The molecule has 29 heavy (non-hydrogen) atoms. The van der Waals surface area contributed by atoms with Crippen molar-refractivity contribution in [3.63, 3.8) is 0 Å². The third kappa shape index (κ3) is 3.06. The number of pyridine rings is 1. The van der Waals surface area contributed by atoms with Gasteiger partial charge < -0.3 is 20.3 Å². The van der Waals surface area contributed by atoms with Gasteiger partial charge in [-0.05, 0) is 18.6 Å². The number of rotatable bonds is 4. The van der Waals surface area contributed by atoms with E-state index in [1.165, 1.54) is 16.4 Å². The van der Waals surface area contributed by atoms with Gasteiger partial charge in [0.2, 0.25) is 11.9 Å². The maximum atomic E-state index is 15.0. The molecule has 1 aromatic heterocycles. The van der Waals surface area contributed by atoms with Gasteiger partial charge >= 0.3 is 5.97 Å². The SMILES string of the molecule is Cc1c(N2CC(N)C(C(F)F)C2)c(F)cc2c(=O)c(C(=O)O)cn(C3CC3F)c12. The van der Waals surface area contributed by atoms with Gasteiger partial charge in [-0.3, -0.25) is 4.79 Å². The van der Waals surface area contributed by atoms with Crippen LogP contribution in [0.1, 0.15) is 28.4 Å². The summed E-state index contributed by atoms with van der Waals surface area (Å²) in [6.07, 6.45) is -2.65. The van der Waals surface area contributed by atoms with E-state index in [0.717, 1.165) is 12.3 Å². The molecule has 4 rings (SSSR count). The van der Waals surface area contributed by atoms with Gasteiger partial charge in [-0.1, -0.05) is 0 Å². The van der Waals surface area contributed by atoms with Crippen LogP contribution < -0.4 is 16.1 Å². The summed E-state index contributed by atoms with van der Waals surface area (Å²) in [4.78, 5) is 25.4. The monoisotopic (exact) mass is 413 g/mol. The Labute approximate surface area is 162 Å². The molecule has 10 heteroatoms. The van der Waals surface area contributed by atoms with Crippen molar-refractivity contribution in [1.29, 1.82) is 0 Å². The molecule has 156 valence electrons. The Bertz CT molecular complexity index is 1070. The second-order valence-corrected chi connectivity index (χ2v) is 7.70. The van der Waals surface area contributed by atoms with Crippen molar-refractivity contribution in [3.8, 4) is 0 Å². The van der Waals surface area contributed by atoms with Crippen molar-refractivity contribution in [3.05, 3.63) is 39.4 Å². The highest BCUT2D eigenvalue weighted by Gasteiger charge is 2.42. The number of nitrogens with zero attached hydrogens (tertiary/aromatic N) is 2. The van der Waals surface area contributed by atoms with Gasteiger partial charge in [0.15, 0.2) is 0 Å². The van der Waals surface area contributed by atoms with Crippen molar-refractivity contribution < 1.29 is 27.5 Å². The number of aryl methyl sites for hydroxylation is 1. The zero-order valence-electron chi connectivity index (χ0n) is 15.4. The molecule has 0 amide bonds. The van der Waals surface area contributed by atoms with Gasteiger partial charge in [0, 0.05) is 37.1 Å². The number of carboxylic acids is 1. The molecule has 2 heterocycles. The number of carbonyl (C=O) groups is 1. The lowest BCUT2D eigenvalue weighted by atomic mass is 10.0. The molecular weight excluding hydrogens is 394 g/mol.